The highest BCUT2D eigenvalue weighted by Crippen LogP contribution is 2.31. The van der Waals surface area contributed by atoms with Crippen molar-refractivity contribution in [2.75, 3.05) is 4.90 Å². The molecular formula is C21H17N3O3. The molecule has 0 unspecified atom stereocenters. The van der Waals surface area contributed by atoms with Crippen LogP contribution in [-0.2, 0) is 9.59 Å². The third-order valence-electron chi connectivity index (χ3n) is 4.62. The van der Waals surface area contributed by atoms with E-state index < -0.39 is 0 Å². The lowest BCUT2D eigenvalue weighted by molar-refractivity contribution is -0.124. The van der Waals surface area contributed by atoms with Crippen molar-refractivity contribution in [3.8, 4) is 0 Å². The minimum absolute atomic E-state index is 0.104. The number of nitrogens with zero attached hydrogens (tertiary/aromatic N) is 3. The summed E-state index contributed by atoms with van der Waals surface area (Å²) >= 11 is 0. The SMILES string of the molecule is CC(=O)N(C(C)=O)c1ccc2nc3c4ccccc4n(C(C)=O)c3cc2c1. The third-order valence-corrected chi connectivity index (χ3v) is 4.62. The van der Waals surface area contributed by atoms with E-state index in [2.05, 4.69) is 0 Å². The Labute approximate surface area is 155 Å². The molecule has 0 fully saturated rings. The second-order valence-electron chi connectivity index (χ2n) is 6.48. The van der Waals surface area contributed by atoms with Crippen LogP contribution < -0.4 is 4.90 Å². The maximum atomic E-state index is 12.3. The third kappa shape index (κ3) is 2.57. The number of hydrogen-bond donors (Lipinski definition) is 0. The minimum Gasteiger partial charge on any atom is -0.278 e. The van der Waals surface area contributed by atoms with E-state index in [9.17, 15) is 14.4 Å². The van der Waals surface area contributed by atoms with Crippen LogP contribution >= 0.6 is 0 Å². The molecule has 4 rings (SSSR count). The molecule has 0 aliphatic rings. The van der Waals surface area contributed by atoms with E-state index in [-0.39, 0.29) is 17.7 Å². The first-order valence-electron chi connectivity index (χ1n) is 8.54. The van der Waals surface area contributed by atoms with E-state index >= 15 is 0 Å². The van der Waals surface area contributed by atoms with Gasteiger partial charge in [0.05, 0.1) is 27.8 Å². The fourth-order valence-corrected chi connectivity index (χ4v) is 3.58. The van der Waals surface area contributed by atoms with E-state index in [1.807, 2.05) is 30.3 Å². The van der Waals surface area contributed by atoms with Crippen molar-refractivity contribution in [3.05, 3.63) is 48.5 Å². The highest BCUT2D eigenvalue weighted by Gasteiger charge is 2.18. The van der Waals surface area contributed by atoms with Gasteiger partial charge in [-0.15, -0.1) is 0 Å². The Hall–Kier alpha value is -3.54. The highest BCUT2D eigenvalue weighted by atomic mass is 16.2. The molecular weight excluding hydrogens is 342 g/mol. The maximum absolute atomic E-state index is 12.3. The zero-order valence-corrected chi connectivity index (χ0v) is 15.2. The van der Waals surface area contributed by atoms with Gasteiger partial charge in [-0.1, -0.05) is 18.2 Å². The Morgan fingerprint density at radius 2 is 1.59 bits per heavy atom. The van der Waals surface area contributed by atoms with Gasteiger partial charge in [0.25, 0.3) is 0 Å². The number of anilines is 1. The molecule has 2 amide bonds. The van der Waals surface area contributed by atoms with Crippen LogP contribution in [0.4, 0.5) is 5.69 Å². The molecule has 0 saturated heterocycles. The molecule has 0 radical (unpaired) electrons. The van der Waals surface area contributed by atoms with E-state index in [0.29, 0.717) is 11.2 Å². The Morgan fingerprint density at radius 1 is 0.889 bits per heavy atom. The summed E-state index contributed by atoms with van der Waals surface area (Å²) in [5.41, 5.74) is 3.46. The first kappa shape index (κ1) is 16.9. The molecule has 4 aromatic rings. The Morgan fingerprint density at radius 3 is 2.26 bits per heavy atom. The number of carbonyl (C=O) groups excluding carboxylic acids is 3. The van der Waals surface area contributed by atoms with Gasteiger partial charge in [0.2, 0.25) is 17.7 Å². The number of pyridine rings is 1. The molecule has 27 heavy (non-hydrogen) atoms. The zero-order valence-electron chi connectivity index (χ0n) is 15.2. The first-order valence-corrected chi connectivity index (χ1v) is 8.54. The molecule has 2 aromatic heterocycles. The summed E-state index contributed by atoms with van der Waals surface area (Å²) in [6, 6.07) is 14.7. The number of benzene rings is 2. The van der Waals surface area contributed by atoms with Crippen molar-refractivity contribution in [2.45, 2.75) is 20.8 Å². The maximum Gasteiger partial charge on any atom is 0.230 e. The summed E-state index contributed by atoms with van der Waals surface area (Å²) in [6.07, 6.45) is 0. The molecule has 0 spiro atoms. The van der Waals surface area contributed by atoms with Gasteiger partial charge in [-0.3, -0.25) is 23.9 Å². The number of hydrogen-bond acceptors (Lipinski definition) is 4. The quantitative estimate of drug-likeness (QED) is 0.517. The number of imide groups is 1. The van der Waals surface area contributed by atoms with E-state index in [4.69, 9.17) is 4.98 Å². The van der Waals surface area contributed by atoms with Crippen LogP contribution in [0, 0.1) is 0 Å². The molecule has 2 aromatic carbocycles. The van der Waals surface area contributed by atoms with E-state index in [1.54, 1.807) is 22.8 Å². The highest BCUT2D eigenvalue weighted by molar-refractivity contribution is 6.16. The lowest BCUT2D eigenvalue weighted by atomic mass is 10.1. The van der Waals surface area contributed by atoms with Gasteiger partial charge in [-0.25, -0.2) is 4.98 Å². The van der Waals surface area contributed by atoms with Crippen LogP contribution in [0.1, 0.15) is 25.6 Å². The summed E-state index contributed by atoms with van der Waals surface area (Å²) in [6.45, 7) is 4.21. The number of amides is 2. The fraction of sp³-hybridized carbons (Fsp3) is 0.143. The van der Waals surface area contributed by atoms with E-state index in [1.165, 1.54) is 20.8 Å². The number of aromatic nitrogens is 2. The summed E-state index contributed by atoms with van der Waals surface area (Å²) in [5.74, 6) is -0.810. The summed E-state index contributed by atoms with van der Waals surface area (Å²) in [4.78, 5) is 41.8. The summed E-state index contributed by atoms with van der Waals surface area (Å²) in [7, 11) is 0. The Kier molecular flexibility index (Phi) is 3.77. The minimum atomic E-state index is -0.353. The monoisotopic (exact) mass is 359 g/mol. The zero-order chi connectivity index (χ0) is 19.3. The molecule has 6 heteroatoms. The van der Waals surface area contributed by atoms with Gasteiger partial charge in [0.1, 0.15) is 0 Å². The smallest absolute Gasteiger partial charge is 0.230 e. The molecule has 6 nitrogen and oxygen atoms in total. The van der Waals surface area contributed by atoms with Crippen LogP contribution in [0.2, 0.25) is 0 Å². The van der Waals surface area contributed by atoms with Gasteiger partial charge in [0, 0.05) is 31.5 Å². The standard InChI is InChI=1S/C21H17N3O3/c1-12(25)23(13(2)26)16-8-9-18-15(10-16)11-20-21(22-18)17-6-4-5-7-19(17)24(20)14(3)27/h4-11H,1-3H3. The number of fused-ring (bicyclic) bond motifs is 4. The lowest BCUT2D eigenvalue weighted by Crippen LogP contribution is -2.32. The predicted molar refractivity (Wildman–Crippen MR) is 105 cm³/mol. The van der Waals surface area contributed by atoms with Gasteiger partial charge < -0.3 is 0 Å². The normalized spacial score (nSPS) is 11.2. The molecule has 0 N–H and O–H groups in total. The Balaban J connectivity index is 2.06. The van der Waals surface area contributed by atoms with Gasteiger partial charge in [-0.05, 0) is 30.3 Å². The first-order chi connectivity index (χ1) is 12.9. The molecule has 0 aliphatic heterocycles. The topological polar surface area (TPSA) is 72.3 Å². The van der Waals surface area contributed by atoms with Crippen LogP contribution in [0.15, 0.2) is 48.5 Å². The molecule has 0 saturated carbocycles. The van der Waals surface area contributed by atoms with Crippen molar-refractivity contribution >= 4 is 56.2 Å². The van der Waals surface area contributed by atoms with Crippen molar-refractivity contribution in [2.24, 2.45) is 0 Å². The van der Waals surface area contributed by atoms with Crippen LogP contribution in [0.25, 0.3) is 32.8 Å². The number of rotatable bonds is 1. The number of carbonyl (C=O) groups is 3. The summed E-state index contributed by atoms with van der Waals surface area (Å²) in [5, 5.41) is 1.65. The number of para-hydroxylation sites is 1. The van der Waals surface area contributed by atoms with Crippen molar-refractivity contribution in [1.82, 2.24) is 9.55 Å². The van der Waals surface area contributed by atoms with Crippen molar-refractivity contribution < 1.29 is 14.4 Å². The molecule has 0 bridgehead atoms. The second kappa shape index (κ2) is 6.02. The van der Waals surface area contributed by atoms with Crippen molar-refractivity contribution in [1.29, 1.82) is 0 Å². The van der Waals surface area contributed by atoms with Crippen LogP contribution in [0.3, 0.4) is 0 Å². The Bertz CT molecular complexity index is 1260. The molecule has 0 aliphatic carbocycles. The largest absolute Gasteiger partial charge is 0.278 e. The predicted octanol–water partition coefficient (Wildman–Crippen LogP) is 3.90. The lowest BCUT2D eigenvalue weighted by Gasteiger charge is -2.17. The second-order valence-corrected chi connectivity index (χ2v) is 6.48. The molecule has 2 heterocycles. The van der Waals surface area contributed by atoms with Crippen LogP contribution in [0.5, 0.6) is 0 Å². The van der Waals surface area contributed by atoms with E-state index in [0.717, 1.165) is 32.2 Å². The molecule has 0 atom stereocenters. The van der Waals surface area contributed by atoms with Gasteiger partial charge in [0.15, 0.2) is 0 Å². The summed E-state index contributed by atoms with van der Waals surface area (Å²) < 4.78 is 1.64. The fourth-order valence-electron chi connectivity index (χ4n) is 3.58. The average molecular weight is 359 g/mol. The van der Waals surface area contributed by atoms with Gasteiger partial charge >= 0.3 is 0 Å². The van der Waals surface area contributed by atoms with Gasteiger partial charge in [-0.2, -0.15) is 0 Å². The molecule has 134 valence electrons. The van der Waals surface area contributed by atoms with Crippen LogP contribution in [-0.4, -0.2) is 27.3 Å². The van der Waals surface area contributed by atoms with Crippen molar-refractivity contribution in [3.63, 3.8) is 0 Å². The average Bonchev–Trinajstić information content (AvgIpc) is 2.92.